The molecule has 0 aliphatic carbocycles. The first kappa shape index (κ1) is 13.4. The first-order valence-electron chi connectivity index (χ1n) is 5.48. The van der Waals surface area contributed by atoms with E-state index in [1.54, 1.807) is 0 Å². The SMILES string of the molecule is CCCC(C)OC(C)(C)CC(C)C#N. The zero-order chi connectivity index (χ0) is 11.2. The second kappa shape index (κ2) is 6.03. The van der Waals surface area contributed by atoms with Crippen molar-refractivity contribution in [3.05, 3.63) is 0 Å². The van der Waals surface area contributed by atoms with Crippen LogP contribution in [0.3, 0.4) is 0 Å². The van der Waals surface area contributed by atoms with Crippen molar-refractivity contribution in [1.29, 1.82) is 5.26 Å². The van der Waals surface area contributed by atoms with Crippen molar-refractivity contribution < 1.29 is 4.74 Å². The van der Waals surface area contributed by atoms with Gasteiger partial charge in [0.15, 0.2) is 0 Å². The molecule has 2 atom stereocenters. The van der Waals surface area contributed by atoms with Crippen molar-refractivity contribution in [3.63, 3.8) is 0 Å². The van der Waals surface area contributed by atoms with Crippen LogP contribution in [-0.4, -0.2) is 11.7 Å². The molecule has 0 N–H and O–H groups in total. The van der Waals surface area contributed by atoms with E-state index in [0.29, 0.717) is 6.10 Å². The van der Waals surface area contributed by atoms with Gasteiger partial charge in [0.1, 0.15) is 0 Å². The molecule has 0 aliphatic rings. The summed E-state index contributed by atoms with van der Waals surface area (Å²) >= 11 is 0. The standard InChI is InChI=1S/C12H23NO/c1-6-7-11(3)14-12(4,5)8-10(2)9-13/h10-11H,6-8H2,1-5H3. The van der Waals surface area contributed by atoms with Crippen molar-refractivity contribution >= 4 is 0 Å². The van der Waals surface area contributed by atoms with Crippen LogP contribution < -0.4 is 0 Å². The summed E-state index contributed by atoms with van der Waals surface area (Å²) in [5.74, 6) is 0.0684. The highest BCUT2D eigenvalue weighted by Crippen LogP contribution is 2.23. The summed E-state index contributed by atoms with van der Waals surface area (Å²) in [6.07, 6.45) is 3.33. The van der Waals surface area contributed by atoms with Crippen LogP contribution in [0.25, 0.3) is 0 Å². The van der Waals surface area contributed by atoms with Crippen molar-refractivity contribution in [2.24, 2.45) is 5.92 Å². The van der Waals surface area contributed by atoms with Gasteiger partial charge in [-0.1, -0.05) is 13.3 Å². The van der Waals surface area contributed by atoms with Gasteiger partial charge in [0.25, 0.3) is 0 Å². The topological polar surface area (TPSA) is 33.0 Å². The van der Waals surface area contributed by atoms with Crippen molar-refractivity contribution in [3.8, 4) is 6.07 Å². The second-order valence-electron chi connectivity index (χ2n) is 4.71. The Morgan fingerprint density at radius 3 is 2.36 bits per heavy atom. The Kier molecular flexibility index (Phi) is 5.79. The molecule has 2 heteroatoms. The van der Waals surface area contributed by atoms with Crippen LogP contribution in [0.5, 0.6) is 0 Å². The molecule has 0 heterocycles. The molecule has 0 amide bonds. The molecule has 2 nitrogen and oxygen atoms in total. The maximum absolute atomic E-state index is 8.73. The molecule has 0 aliphatic heterocycles. The number of hydrogen-bond donors (Lipinski definition) is 0. The lowest BCUT2D eigenvalue weighted by Crippen LogP contribution is -2.31. The second-order valence-corrected chi connectivity index (χ2v) is 4.71. The number of nitriles is 1. The molecule has 0 fully saturated rings. The van der Waals surface area contributed by atoms with Crippen LogP contribution in [0.1, 0.15) is 53.9 Å². The molecule has 0 bridgehead atoms. The molecule has 82 valence electrons. The summed E-state index contributed by atoms with van der Waals surface area (Å²) in [6, 6.07) is 2.25. The number of ether oxygens (including phenoxy) is 1. The predicted molar refractivity (Wildman–Crippen MR) is 58.9 cm³/mol. The summed E-state index contributed by atoms with van der Waals surface area (Å²) in [5.41, 5.74) is -0.177. The predicted octanol–water partition coefficient (Wildman–Crippen LogP) is 3.52. The molecule has 2 unspecified atom stereocenters. The first-order valence-corrected chi connectivity index (χ1v) is 5.48. The summed E-state index contributed by atoms with van der Waals surface area (Å²) in [4.78, 5) is 0. The third-order valence-electron chi connectivity index (χ3n) is 2.23. The molecule has 0 saturated heterocycles. The number of rotatable bonds is 6. The van der Waals surface area contributed by atoms with E-state index in [1.165, 1.54) is 0 Å². The molecule has 14 heavy (non-hydrogen) atoms. The van der Waals surface area contributed by atoms with Gasteiger partial charge in [0.05, 0.1) is 17.8 Å². The van der Waals surface area contributed by atoms with E-state index >= 15 is 0 Å². The molecular formula is C12H23NO. The van der Waals surface area contributed by atoms with Crippen LogP contribution in [-0.2, 0) is 4.74 Å². The quantitative estimate of drug-likeness (QED) is 0.652. The molecule has 0 rings (SSSR count). The molecular weight excluding hydrogens is 174 g/mol. The van der Waals surface area contributed by atoms with E-state index in [4.69, 9.17) is 10.00 Å². The molecule has 0 aromatic heterocycles. The fourth-order valence-electron chi connectivity index (χ4n) is 1.84. The maximum atomic E-state index is 8.73. The van der Waals surface area contributed by atoms with E-state index in [-0.39, 0.29) is 11.5 Å². The molecule has 0 radical (unpaired) electrons. The van der Waals surface area contributed by atoms with Crippen LogP contribution in [0.15, 0.2) is 0 Å². The Hall–Kier alpha value is -0.550. The van der Waals surface area contributed by atoms with Gasteiger partial charge in [0, 0.05) is 5.92 Å². The van der Waals surface area contributed by atoms with Crippen LogP contribution in [0, 0.1) is 17.2 Å². The fraction of sp³-hybridized carbons (Fsp3) is 0.917. The highest BCUT2D eigenvalue weighted by atomic mass is 16.5. The Labute approximate surface area is 88.3 Å². The minimum Gasteiger partial charge on any atom is -0.373 e. The van der Waals surface area contributed by atoms with Gasteiger partial charge in [-0.25, -0.2) is 0 Å². The van der Waals surface area contributed by atoms with Gasteiger partial charge in [0.2, 0.25) is 0 Å². The maximum Gasteiger partial charge on any atom is 0.0653 e. The zero-order valence-corrected chi connectivity index (χ0v) is 10.1. The Morgan fingerprint density at radius 1 is 1.36 bits per heavy atom. The van der Waals surface area contributed by atoms with E-state index in [9.17, 15) is 0 Å². The van der Waals surface area contributed by atoms with Crippen molar-refractivity contribution in [2.75, 3.05) is 0 Å². The monoisotopic (exact) mass is 197 g/mol. The first-order chi connectivity index (χ1) is 6.41. The summed E-state index contributed by atoms with van der Waals surface area (Å²) < 4.78 is 5.90. The van der Waals surface area contributed by atoms with Gasteiger partial charge in [-0.3, -0.25) is 0 Å². The Bertz CT molecular complexity index is 193. The Morgan fingerprint density at radius 2 is 1.93 bits per heavy atom. The van der Waals surface area contributed by atoms with Gasteiger partial charge in [-0.2, -0.15) is 5.26 Å². The summed E-state index contributed by atoms with van der Waals surface area (Å²) in [5, 5.41) is 8.73. The van der Waals surface area contributed by atoms with Crippen molar-refractivity contribution in [2.45, 2.75) is 65.6 Å². The van der Waals surface area contributed by atoms with Crippen LogP contribution >= 0.6 is 0 Å². The third-order valence-corrected chi connectivity index (χ3v) is 2.23. The van der Waals surface area contributed by atoms with Crippen LogP contribution in [0.2, 0.25) is 0 Å². The van der Waals surface area contributed by atoms with Crippen molar-refractivity contribution in [1.82, 2.24) is 0 Å². The molecule has 0 aromatic rings. The highest BCUT2D eigenvalue weighted by molar-refractivity contribution is 4.85. The smallest absolute Gasteiger partial charge is 0.0653 e. The number of hydrogen-bond acceptors (Lipinski definition) is 2. The van der Waals surface area contributed by atoms with Gasteiger partial charge in [-0.15, -0.1) is 0 Å². The summed E-state index contributed by atoms with van der Waals surface area (Å²) in [7, 11) is 0. The average Bonchev–Trinajstić information content (AvgIpc) is 2.02. The minimum absolute atomic E-state index is 0.0684. The van der Waals surface area contributed by atoms with E-state index in [0.717, 1.165) is 19.3 Å². The Balaban J connectivity index is 4.00. The minimum atomic E-state index is -0.177. The van der Waals surface area contributed by atoms with E-state index in [2.05, 4.69) is 33.8 Å². The van der Waals surface area contributed by atoms with Gasteiger partial charge < -0.3 is 4.74 Å². The van der Waals surface area contributed by atoms with E-state index in [1.807, 2.05) is 6.92 Å². The lowest BCUT2D eigenvalue weighted by atomic mass is 9.95. The third kappa shape index (κ3) is 5.99. The lowest BCUT2D eigenvalue weighted by molar-refractivity contribution is -0.0751. The fourth-order valence-corrected chi connectivity index (χ4v) is 1.84. The van der Waals surface area contributed by atoms with Gasteiger partial charge >= 0.3 is 0 Å². The molecule has 0 saturated carbocycles. The van der Waals surface area contributed by atoms with Gasteiger partial charge in [-0.05, 0) is 40.5 Å². The van der Waals surface area contributed by atoms with E-state index < -0.39 is 0 Å². The largest absolute Gasteiger partial charge is 0.373 e. The highest BCUT2D eigenvalue weighted by Gasteiger charge is 2.23. The number of nitrogens with zero attached hydrogens (tertiary/aromatic N) is 1. The molecule has 0 aromatic carbocycles. The lowest BCUT2D eigenvalue weighted by Gasteiger charge is -2.30. The van der Waals surface area contributed by atoms with Crippen LogP contribution in [0.4, 0.5) is 0 Å². The normalized spacial score (nSPS) is 16.0. The average molecular weight is 197 g/mol. The summed E-state index contributed by atoms with van der Waals surface area (Å²) in [6.45, 7) is 10.3. The zero-order valence-electron chi connectivity index (χ0n) is 10.1. The molecule has 0 spiro atoms.